The van der Waals surface area contributed by atoms with E-state index in [1.165, 1.54) is 24.3 Å². The van der Waals surface area contributed by atoms with Crippen molar-refractivity contribution in [1.29, 1.82) is 0 Å². The summed E-state index contributed by atoms with van der Waals surface area (Å²) >= 11 is 0. The molecule has 162 valence electrons. The SMILES string of the molecule is Cc1ccc(C)c([C@H](C)NC(=O)CCCN(c2cccc([N+](=O)[O-])c2)S(C)(=O)=O)c1. The average molecular weight is 434 g/mol. The highest BCUT2D eigenvalue weighted by Gasteiger charge is 2.20. The van der Waals surface area contributed by atoms with E-state index in [-0.39, 0.29) is 42.7 Å². The number of carbonyl (C=O) groups excluding carboxylic acids is 1. The Hall–Kier alpha value is -2.94. The molecule has 2 aromatic carbocycles. The van der Waals surface area contributed by atoms with Crippen LogP contribution in [0.25, 0.3) is 0 Å². The van der Waals surface area contributed by atoms with Crippen LogP contribution in [0.15, 0.2) is 42.5 Å². The summed E-state index contributed by atoms with van der Waals surface area (Å²) in [5.74, 6) is -0.184. The third-order valence-electron chi connectivity index (χ3n) is 4.77. The number of amides is 1. The van der Waals surface area contributed by atoms with Gasteiger partial charge in [0.25, 0.3) is 5.69 Å². The van der Waals surface area contributed by atoms with Gasteiger partial charge in [-0.15, -0.1) is 0 Å². The summed E-state index contributed by atoms with van der Waals surface area (Å²) in [4.78, 5) is 22.8. The first-order chi connectivity index (χ1) is 14.0. The molecular formula is C21H27N3O5S. The minimum atomic E-state index is -3.66. The summed E-state index contributed by atoms with van der Waals surface area (Å²) in [6.07, 6.45) is 1.45. The topological polar surface area (TPSA) is 110 Å². The molecule has 2 aromatic rings. The fourth-order valence-corrected chi connectivity index (χ4v) is 4.21. The van der Waals surface area contributed by atoms with Gasteiger partial charge in [-0.05, 0) is 44.4 Å². The second kappa shape index (κ2) is 9.71. The van der Waals surface area contributed by atoms with E-state index in [0.717, 1.165) is 27.3 Å². The second-order valence-electron chi connectivity index (χ2n) is 7.36. The minimum absolute atomic E-state index is 0.0469. The molecule has 8 nitrogen and oxygen atoms in total. The average Bonchev–Trinajstić information content (AvgIpc) is 2.66. The van der Waals surface area contributed by atoms with Gasteiger partial charge in [-0.2, -0.15) is 0 Å². The van der Waals surface area contributed by atoms with Gasteiger partial charge >= 0.3 is 0 Å². The lowest BCUT2D eigenvalue weighted by Crippen LogP contribution is -2.32. The number of rotatable bonds is 9. The normalized spacial score (nSPS) is 12.3. The standard InChI is InChI=1S/C21H27N3O5S/c1-15-10-11-16(2)20(13-15)17(3)22-21(25)9-6-12-23(30(4,28)29)18-7-5-8-19(14-18)24(26)27/h5,7-8,10-11,13-14,17H,6,9,12H2,1-4H3,(H,22,25)/t17-/m0/s1. The van der Waals surface area contributed by atoms with E-state index < -0.39 is 14.9 Å². The fraction of sp³-hybridized carbons (Fsp3) is 0.381. The smallest absolute Gasteiger partial charge is 0.271 e. The van der Waals surface area contributed by atoms with Gasteiger partial charge in [0.1, 0.15) is 0 Å². The third kappa shape index (κ3) is 6.28. The number of carbonyl (C=O) groups is 1. The molecule has 1 amide bonds. The van der Waals surface area contributed by atoms with Crippen molar-refractivity contribution in [3.05, 3.63) is 69.3 Å². The number of non-ortho nitro benzene ring substituents is 1. The van der Waals surface area contributed by atoms with Crippen LogP contribution in [0, 0.1) is 24.0 Å². The lowest BCUT2D eigenvalue weighted by Gasteiger charge is -2.22. The highest BCUT2D eigenvalue weighted by Crippen LogP contribution is 2.24. The number of nitro benzene ring substituents is 1. The molecule has 0 aromatic heterocycles. The number of nitrogens with one attached hydrogen (secondary N) is 1. The van der Waals surface area contributed by atoms with Gasteiger partial charge in [0, 0.05) is 25.1 Å². The number of hydrogen-bond donors (Lipinski definition) is 1. The number of aryl methyl sites for hydroxylation is 2. The molecule has 30 heavy (non-hydrogen) atoms. The minimum Gasteiger partial charge on any atom is -0.350 e. The van der Waals surface area contributed by atoms with Crippen molar-refractivity contribution >= 4 is 27.3 Å². The number of sulfonamides is 1. The maximum absolute atomic E-state index is 12.4. The molecular weight excluding hydrogens is 406 g/mol. The van der Waals surface area contributed by atoms with Crippen LogP contribution in [0.3, 0.4) is 0 Å². The Morgan fingerprint density at radius 3 is 2.53 bits per heavy atom. The molecule has 0 fully saturated rings. The van der Waals surface area contributed by atoms with Crippen molar-refractivity contribution in [2.75, 3.05) is 17.1 Å². The first-order valence-electron chi connectivity index (χ1n) is 9.57. The molecule has 9 heteroatoms. The third-order valence-corrected chi connectivity index (χ3v) is 5.97. The van der Waals surface area contributed by atoms with E-state index in [9.17, 15) is 23.3 Å². The summed E-state index contributed by atoms with van der Waals surface area (Å²) in [5, 5.41) is 13.9. The quantitative estimate of drug-likeness (QED) is 0.480. The molecule has 0 spiro atoms. The number of hydrogen-bond acceptors (Lipinski definition) is 5. The largest absolute Gasteiger partial charge is 0.350 e. The number of benzene rings is 2. The molecule has 0 saturated heterocycles. The van der Waals surface area contributed by atoms with E-state index in [4.69, 9.17) is 0 Å². The molecule has 1 atom stereocenters. The molecule has 0 aliphatic heterocycles. The monoisotopic (exact) mass is 433 g/mol. The summed E-state index contributed by atoms with van der Waals surface area (Å²) in [5.41, 5.74) is 3.24. The molecule has 0 bridgehead atoms. The van der Waals surface area contributed by atoms with Gasteiger partial charge in [0.2, 0.25) is 15.9 Å². The van der Waals surface area contributed by atoms with Crippen LogP contribution in [0.1, 0.15) is 42.5 Å². The Bertz CT molecular complexity index is 1040. The zero-order valence-corrected chi connectivity index (χ0v) is 18.4. The zero-order chi connectivity index (χ0) is 22.5. The summed E-state index contributed by atoms with van der Waals surface area (Å²) in [7, 11) is -3.66. The molecule has 0 radical (unpaired) electrons. The number of nitrogens with zero attached hydrogens (tertiary/aromatic N) is 2. The zero-order valence-electron chi connectivity index (χ0n) is 17.6. The number of nitro groups is 1. The van der Waals surface area contributed by atoms with Crippen molar-refractivity contribution in [2.45, 2.75) is 39.7 Å². The maximum Gasteiger partial charge on any atom is 0.271 e. The van der Waals surface area contributed by atoms with E-state index in [1.807, 2.05) is 39.0 Å². The number of anilines is 1. The van der Waals surface area contributed by atoms with E-state index in [0.29, 0.717) is 0 Å². The predicted molar refractivity (Wildman–Crippen MR) is 117 cm³/mol. The van der Waals surface area contributed by atoms with Gasteiger partial charge < -0.3 is 5.32 Å². The van der Waals surface area contributed by atoms with E-state index in [2.05, 4.69) is 5.32 Å². The van der Waals surface area contributed by atoms with E-state index in [1.54, 1.807) is 0 Å². The van der Waals surface area contributed by atoms with Gasteiger partial charge in [0.15, 0.2) is 0 Å². The maximum atomic E-state index is 12.4. The van der Waals surface area contributed by atoms with Gasteiger partial charge in [-0.3, -0.25) is 19.2 Å². The Labute approximate surface area is 177 Å². The van der Waals surface area contributed by atoms with Gasteiger partial charge in [-0.25, -0.2) is 8.42 Å². The van der Waals surface area contributed by atoms with Crippen molar-refractivity contribution in [3.8, 4) is 0 Å². The summed E-state index contributed by atoms with van der Waals surface area (Å²) in [6.45, 7) is 5.93. The predicted octanol–water partition coefficient (Wildman–Crippen LogP) is 3.64. The van der Waals surface area contributed by atoms with Crippen molar-refractivity contribution in [3.63, 3.8) is 0 Å². The highest BCUT2D eigenvalue weighted by atomic mass is 32.2. The fourth-order valence-electron chi connectivity index (χ4n) is 3.25. The summed E-state index contributed by atoms with van der Waals surface area (Å²) < 4.78 is 25.4. The van der Waals surface area contributed by atoms with Crippen LogP contribution in [0.5, 0.6) is 0 Å². The van der Waals surface area contributed by atoms with Crippen LogP contribution in [0.4, 0.5) is 11.4 Å². The molecule has 0 heterocycles. The summed E-state index contributed by atoms with van der Waals surface area (Å²) in [6, 6.07) is 11.3. The van der Waals surface area contributed by atoms with Crippen LogP contribution in [0.2, 0.25) is 0 Å². The molecule has 0 unspecified atom stereocenters. The Morgan fingerprint density at radius 1 is 1.20 bits per heavy atom. The van der Waals surface area contributed by atoms with Crippen LogP contribution in [-0.4, -0.2) is 32.0 Å². The van der Waals surface area contributed by atoms with Crippen molar-refractivity contribution < 1.29 is 18.1 Å². The first kappa shape index (κ1) is 23.3. The van der Waals surface area contributed by atoms with Gasteiger partial charge in [-0.1, -0.05) is 29.8 Å². The lowest BCUT2D eigenvalue weighted by molar-refractivity contribution is -0.384. The van der Waals surface area contributed by atoms with E-state index >= 15 is 0 Å². The molecule has 2 rings (SSSR count). The Kier molecular flexibility index (Phi) is 7.55. The molecule has 0 saturated carbocycles. The molecule has 0 aliphatic rings. The van der Waals surface area contributed by atoms with Crippen molar-refractivity contribution in [1.82, 2.24) is 5.32 Å². The van der Waals surface area contributed by atoms with Crippen molar-refractivity contribution in [2.24, 2.45) is 0 Å². The second-order valence-corrected chi connectivity index (χ2v) is 9.27. The lowest BCUT2D eigenvalue weighted by atomic mass is 10.00. The molecule has 1 N–H and O–H groups in total. The van der Waals surface area contributed by atoms with Crippen LogP contribution < -0.4 is 9.62 Å². The highest BCUT2D eigenvalue weighted by molar-refractivity contribution is 7.92. The van der Waals surface area contributed by atoms with Gasteiger partial charge in [0.05, 0.1) is 22.9 Å². The Morgan fingerprint density at radius 2 is 1.90 bits per heavy atom. The van der Waals surface area contributed by atoms with Crippen LogP contribution >= 0.6 is 0 Å². The van der Waals surface area contributed by atoms with Crippen LogP contribution in [-0.2, 0) is 14.8 Å². The first-order valence-corrected chi connectivity index (χ1v) is 11.4. The Balaban J connectivity index is 2.01. The molecule has 0 aliphatic carbocycles.